The summed E-state index contributed by atoms with van der Waals surface area (Å²) in [4.78, 5) is 32.1. The largest absolute Gasteiger partial charge is 0.325 e. The third-order valence-corrected chi connectivity index (χ3v) is 6.57. The van der Waals surface area contributed by atoms with Crippen molar-refractivity contribution in [1.29, 1.82) is 0 Å². The maximum absolute atomic E-state index is 13.2. The van der Waals surface area contributed by atoms with Crippen molar-refractivity contribution in [3.05, 3.63) is 95.0 Å². The highest BCUT2D eigenvalue weighted by Gasteiger charge is 2.35. The normalized spacial score (nSPS) is 17.1. The lowest BCUT2D eigenvalue weighted by atomic mass is 10.1. The van der Waals surface area contributed by atoms with E-state index >= 15 is 0 Å². The molecular formula is C25H20ClF2N3O2S. The topological polar surface area (TPSA) is 61.8 Å². The Kier molecular flexibility index (Phi) is 7.59. The van der Waals surface area contributed by atoms with Crippen LogP contribution >= 0.6 is 23.4 Å². The van der Waals surface area contributed by atoms with E-state index in [9.17, 15) is 18.4 Å². The van der Waals surface area contributed by atoms with Gasteiger partial charge in [-0.25, -0.2) is 13.8 Å². The van der Waals surface area contributed by atoms with E-state index in [0.717, 1.165) is 5.56 Å². The van der Waals surface area contributed by atoms with Gasteiger partial charge in [-0.3, -0.25) is 14.5 Å². The number of hydrogen-bond donors (Lipinski definition) is 1. The van der Waals surface area contributed by atoms with Gasteiger partial charge in [0.05, 0.1) is 5.69 Å². The molecule has 9 heteroatoms. The highest BCUT2D eigenvalue weighted by Crippen LogP contribution is 2.30. The van der Waals surface area contributed by atoms with Crippen molar-refractivity contribution in [1.82, 2.24) is 4.90 Å². The predicted molar refractivity (Wildman–Crippen MR) is 131 cm³/mol. The molecule has 1 unspecified atom stereocenters. The lowest BCUT2D eigenvalue weighted by Gasteiger charge is -2.32. The van der Waals surface area contributed by atoms with Crippen LogP contribution in [0.1, 0.15) is 12.0 Å². The van der Waals surface area contributed by atoms with E-state index in [4.69, 9.17) is 11.6 Å². The van der Waals surface area contributed by atoms with Crippen molar-refractivity contribution in [2.45, 2.75) is 18.1 Å². The number of benzene rings is 3. The minimum Gasteiger partial charge on any atom is -0.325 e. The van der Waals surface area contributed by atoms with Crippen LogP contribution in [0.3, 0.4) is 0 Å². The van der Waals surface area contributed by atoms with Gasteiger partial charge in [0, 0.05) is 23.7 Å². The second kappa shape index (κ2) is 10.8. The molecule has 4 rings (SSSR count). The summed E-state index contributed by atoms with van der Waals surface area (Å²) in [6.07, 6.45) is 0.486. The summed E-state index contributed by atoms with van der Waals surface area (Å²) in [5.41, 5.74) is 1.90. The molecule has 34 heavy (non-hydrogen) atoms. The van der Waals surface area contributed by atoms with Gasteiger partial charge in [-0.1, -0.05) is 35.5 Å². The van der Waals surface area contributed by atoms with Crippen LogP contribution in [0.15, 0.2) is 77.8 Å². The quantitative estimate of drug-likeness (QED) is 0.465. The van der Waals surface area contributed by atoms with E-state index in [1.807, 2.05) is 0 Å². The molecule has 0 aromatic heterocycles. The molecule has 3 aromatic carbocycles. The van der Waals surface area contributed by atoms with Gasteiger partial charge in [-0.2, -0.15) is 0 Å². The summed E-state index contributed by atoms with van der Waals surface area (Å²) >= 11 is 7.15. The highest BCUT2D eigenvalue weighted by atomic mass is 35.5. The number of anilines is 1. The highest BCUT2D eigenvalue weighted by molar-refractivity contribution is 8.15. The average Bonchev–Trinajstić information content (AvgIpc) is 2.82. The van der Waals surface area contributed by atoms with Crippen molar-refractivity contribution in [3.8, 4) is 0 Å². The molecule has 2 amide bonds. The molecule has 0 bridgehead atoms. The van der Waals surface area contributed by atoms with Crippen LogP contribution in [0.5, 0.6) is 0 Å². The van der Waals surface area contributed by atoms with E-state index in [2.05, 4.69) is 10.3 Å². The SMILES string of the molecule is O=C(Nc1ccc(F)cc1)C1CC(=O)N(CCc2ccc(F)cc2)C(=Nc2ccc(Cl)cc2)S1. The number of nitrogens with one attached hydrogen (secondary N) is 1. The molecule has 0 aliphatic carbocycles. The van der Waals surface area contributed by atoms with Crippen LogP contribution < -0.4 is 5.32 Å². The molecule has 3 aromatic rings. The van der Waals surface area contributed by atoms with Crippen molar-refractivity contribution in [2.75, 3.05) is 11.9 Å². The number of halogens is 3. The van der Waals surface area contributed by atoms with Gasteiger partial charge in [0.2, 0.25) is 11.8 Å². The molecule has 1 heterocycles. The van der Waals surface area contributed by atoms with Gasteiger partial charge in [0.15, 0.2) is 5.17 Å². The number of aliphatic imine (C=N–C) groups is 1. The van der Waals surface area contributed by atoms with Crippen LogP contribution in [0.4, 0.5) is 20.2 Å². The Morgan fingerprint density at radius 3 is 2.26 bits per heavy atom. The second-order valence-electron chi connectivity index (χ2n) is 7.60. The summed E-state index contributed by atoms with van der Waals surface area (Å²) in [6.45, 7) is 0.330. The fraction of sp³-hybridized carbons (Fsp3) is 0.160. The smallest absolute Gasteiger partial charge is 0.238 e. The Balaban J connectivity index is 1.54. The van der Waals surface area contributed by atoms with E-state index in [-0.39, 0.29) is 24.1 Å². The van der Waals surface area contributed by atoms with Gasteiger partial charge in [-0.15, -0.1) is 0 Å². The molecule has 1 aliphatic heterocycles. The standard InChI is InChI=1S/C25H20ClF2N3O2S/c26-17-3-9-21(10-4-17)30-25-31(14-13-16-1-5-18(27)6-2-16)23(32)15-22(34-25)24(33)29-20-11-7-19(28)8-12-20/h1-12,22H,13-15H2,(H,29,33). The molecule has 174 valence electrons. The maximum Gasteiger partial charge on any atom is 0.238 e. The Hall–Kier alpha value is -3.23. The fourth-order valence-electron chi connectivity index (χ4n) is 3.34. The number of rotatable bonds is 6. The Morgan fingerprint density at radius 1 is 1.00 bits per heavy atom. The Bertz CT molecular complexity index is 1200. The number of carbonyl (C=O) groups excluding carboxylic acids is 2. The third-order valence-electron chi connectivity index (χ3n) is 5.13. The minimum atomic E-state index is -0.703. The fourth-order valence-corrected chi connectivity index (χ4v) is 4.59. The molecule has 1 saturated heterocycles. The van der Waals surface area contributed by atoms with Gasteiger partial charge >= 0.3 is 0 Å². The van der Waals surface area contributed by atoms with E-state index in [1.165, 1.54) is 48.2 Å². The first kappa shape index (κ1) is 23.9. The van der Waals surface area contributed by atoms with Crippen molar-refractivity contribution < 1.29 is 18.4 Å². The summed E-state index contributed by atoms with van der Waals surface area (Å²) in [6, 6.07) is 18.3. The van der Waals surface area contributed by atoms with E-state index in [1.54, 1.807) is 41.3 Å². The first-order chi connectivity index (χ1) is 16.4. The minimum absolute atomic E-state index is 0.0131. The molecule has 5 nitrogen and oxygen atoms in total. The molecule has 1 N–H and O–H groups in total. The summed E-state index contributed by atoms with van der Waals surface area (Å²) < 4.78 is 26.4. The summed E-state index contributed by atoms with van der Waals surface area (Å²) in [5.74, 6) is -1.34. The number of thioether (sulfide) groups is 1. The van der Waals surface area contributed by atoms with Gasteiger partial charge < -0.3 is 5.32 Å². The zero-order valence-electron chi connectivity index (χ0n) is 17.9. The predicted octanol–water partition coefficient (Wildman–Crippen LogP) is 5.82. The first-order valence-corrected chi connectivity index (χ1v) is 11.8. The monoisotopic (exact) mass is 499 g/mol. The van der Waals surface area contributed by atoms with E-state index < -0.39 is 11.1 Å². The number of amidine groups is 1. The van der Waals surface area contributed by atoms with Crippen LogP contribution in [-0.2, 0) is 16.0 Å². The zero-order chi connectivity index (χ0) is 24.1. The first-order valence-electron chi connectivity index (χ1n) is 10.5. The summed E-state index contributed by atoms with van der Waals surface area (Å²) in [7, 11) is 0. The number of carbonyl (C=O) groups is 2. The van der Waals surface area contributed by atoms with Gasteiger partial charge in [0.25, 0.3) is 0 Å². The molecule has 1 fully saturated rings. The van der Waals surface area contributed by atoms with Gasteiger partial charge in [0.1, 0.15) is 16.9 Å². The molecule has 0 spiro atoms. The Labute approximate surface area is 204 Å². The zero-order valence-corrected chi connectivity index (χ0v) is 19.5. The molecule has 0 radical (unpaired) electrons. The number of nitrogens with zero attached hydrogens (tertiary/aromatic N) is 2. The molecule has 0 saturated carbocycles. The van der Waals surface area contributed by atoms with Crippen LogP contribution in [0, 0.1) is 11.6 Å². The second-order valence-corrected chi connectivity index (χ2v) is 9.21. The van der Waals surface area contributed by atoms with Crippen LogP contribution in [0.25, 0.3) is 0 Å². The lowest BCUT2D eigenvalue weighted by Crippen LogP contribution is -2.46. The van der Waals surface area contributed by atoms with Gasteiger partial charge in [-0.05, 0) is 72.6 Å². The van der Waals surface area contributed by atoms with Crippen LogP contribution in [-0.4, -0.2) is 33.7 Å². The summed E-state index contributed by atoms with van der Waals surface area (Å²) in [5, 5.41) is 2.97. The number of hydrogen-bond acceptors (Lipinski definition) is 4. The Morgan fingerprint density at radius 2 is 1.62 bits per heavy atom. The number of amides is 2. The van der Waals surface area contributed by atoms with Crippen molar-refractivity contribution >= 4 is 51.7 Å². The van der Waals surface area contributed by atoms with Crippen molar-refractivity contribution in [3.63, 3.8) is 0 Å². The lowest BCUT2D eigenvalue weighted by molar-refractivity contribution is -0.129. The third kappa shape index (κ3) is 6.21. The van der Waals surface area contributed by atoms with E-state index in [0.29, 0.717) is 34.5 Å². The average molecular weight is 500 g/mol. The molecular weight excluding hydrogens is 480 g/mol. The maximum atomic E-state index is 13.2. The molecule has 1 aliphatic rings. The van der Waals surface area contributed by atoms with Crippen LogP contribution in [0.2, 0.25) is 5.02 Å². The molecule has 1 atom stereocenters. The van der Waals surface area contributed by atoms with Crippen molar-refractivity contribution in [2.24, 2.45) is 4.99 Å².